The molecule has 0 aliphatic heterocycles. The molecule has 0 bridgehead atoms. The summed E-state index contributed by atoms with van der Waals surface area (Å²) in [5, 5.41) is 9.73. The zero-order valence-electron chi connectivity index (χ0n) is 11.9. The fourth-order valence-corrected chi connectivity index (χ4v) is 2.31. The number of benzene rings is 2. The molecule has 0 N–H and O–H groups in total. The largest absolute Gasteiger partial charge is 0.368 e. The second-order valence-corrected chi connectivity index (χ2v) is 5.39. The monoisotopic (exact) mass is 284 g/mol. The van der Waals surface area contributed by atoms with E-state index >= 15 is 0 Å². The number of nitriles is 1. The van der Waals surface area contributed by atoms with Gasteiger partial charge in [0.1, 0.15) is 0 Å². The van der Waals surface area contributed by atoms with Gasteiger partial charge in [-0.25, -0.2) is 0 Å². The van der Waals surface area contributed by atoms with E-state index in [2.05, 4.69) is 24.9 Å². The zero-order valence-corrected chi connectivity index (χ0v) is 12.6. The lowest BCUT2D eigenvalue weighted by molar-refractivity contribution is 0.739. The minimum atomic E-state index is 0.236. The van der Waals surface area contributed by atoms with Crippen molar-refractivity contribution >= 4 is 17.3 Å². The van der Waals surface area contributed by atoms with Crippen molar-refractivity contribution in [3.8, 4) is 6.07 Å². The normalized spacial score (nSPS) is 11.8. The number of halogens is 1. The van der Waals surface area contributed by atoms with Crippen LogP contribution in [0.3, 0.4) is 0 Å². The molecule has 0 amide bonds. The van der Waals surface area contributed by atoms with Gasteiger partial charge in [0.05, 0.1) is 17.7 Å². The van der Waals surface area contributed by atoms with Crippen LogP contribution in [0.15, 0.2) is 42.5 Å². The van der Waals surface area contributed by atoms with E-state index in [0.717, 1.165) is 21.8 Å². The van der Waals surface area contributed by atoms with Crippen molar-refractivity contribution in [1.29, 1.82) is 5.26 Å². The lowest BCUT2D eigenvalue weighted by Crippen LogP contribution is -2.21. The first-order chi connectivity index (χ1) is 9.52. The van der Waals surface area contributed by atoms with Crippen LogP contribution in [0.25, 0.3) is 0 Å². The molecule has 20 heavy (non-hydrogen) atoms. The number of anilines is 1. The lowest BCUT2D eigenvalue weighted by atomic mass is 10.0. The lowest BCUT2D eigenvalue weighted by Gasteiger charge is -2.28. The molecule has 2 aromatic carbocycles. The van der Waals surface area contributed by atoms with Crippen LogP contribution in [0.2, 0.25) is 5.02 Å². The van der Waals surface area contributed by atoms with Gasteiger partial charge >= 0.3 is 0 Å². The Balaban J connectivity index is 2.26. The van der Waals surface area contributed by atoms with Gasteiger partial charge in [0, 0.05) is 17.8 Å². The second kappa shape index (κ2) is 5.98. The maximum atomic E-state index is 8.99. The van der Waals surface area contributed by atoms with Gasteiger partial charge < -0.3 is 4.90 Å². The molecule has 0 heterocycles. The van der Waals surface area contributed by atoms with Crippen molar-refractivity contribution in [1.82, 2.24) is 0 Å². The van der Waals surface area contributed by atoms with Gasteiger partial charge in [-0.15, -0.1) is 0 Å². The molecule has 2 aromatic rings. The maximum absolute atomic E-state index is 8.99. The first kappa shape index (κ1) is 14.4. The molecule has 1 atom stereocenters. The second-order valence-electron chi connectivity index (χ2n) is 4.95. The van der Waals surface area contributed by atoms with Crippen LogP contribution in [-0.4, -0.2) is 7.05 Å². The van der Waals surface area contributed by atoms with Gasteiger partial charge in [-0.2, -0.15) is 5.26 Å². The molecular weight excluding hydrogens is 268 g/mol. The maximum Gasteiger partial charge on any atom is 0.0994 e. The van der Waals surface area contributed by atoms with Gasteiger partial charge in [-0.1, -0.05) is 23.7 Å². The summed E-state index contributed by atoms with van der Waals surface area (Å²) >= 11 is 5.92. The van der Waals surface area contributed by atoms with Crippen molar-refractivity contribution in [2.24, 2.45) is 0 Å². The highest BCUT2D eigenvalue weighted by Gasteiger charge is 2.13. The van der Waals surface area contributed by atoms with Crippen molar-refractivity contribution in [2.75, 3.05) is 11.9 Å². The third-order valence-corrected chi connectivity index (χ3v) is 3.92. The Morgan fingerprint density at radius 2 is 1.80 bits per heavy atom. The molecule has 0 aliphatic carbocycles. The molecule has 0 aliphatic rings. The standard InChI is InChI=1S/C17H17ClN2/c1-12-10-17(9-6-15(12)11-19)20(3)13(2)14-4-7-16(18)8-5-14/h4-10,13H,1-3H3. The molecule has 0 spiro atoms. The van der Waals surface area contributed by atoms with E-state index in [4.69, 9.17) is 16.9 Å². The average molecular weight is 285 g/mol. The van der Waals surface area contributed by atoms with Crippen molar-refractivity contribution in [3.63, 3.8) is 0 Å². The molecule has 3 heteroatoms. The van der Waals surface area contributed by atoms with Crippen LogP contribution in [-0.2, 0) is 0 Å². The van der Waals surface area contributed by atoms with Crippen LogP contribution in [0.1, 0.15) is 29.7 Å². The van der Waals surface area contributed by atoms with E-state index in [1.54, 1.807) is 0 Å². The molecule has 102 valence electrons. The highest BCUT2D eigenvalue weighted by molar-refractivity contribution is 6.30. The summed E-state index contributed by atoms with van der Waals surface area (Å²) in [5.41, 5.74) is 4.03. The van der Waals surface area contributed by atoms with Gasteiger partial charge in [0.25, 0.3) is 0 Å². The number of nitrogens with zero attached hydrogens (tertiary/aromatic N) is 2. The van der Waals surface area contributed by atoms with Crippen LogP contribution >= 0.6 is 11.6 Å². The minimum absolute atomic E-state index is 0.236. The summed E-state index contributed by atoms with van der Waals surface area (Å²) in [5.74, 6) is 0. The topological polar surface area (TPSA) is 27.0 Å². The van der Waals surface area contributed by atoms with Crippen LogP contribution in [0.5, 0.6) is 0 Å². The van der Waals surface area contributed by atoms with Gasteiger partial charge in [-0.05, 0) is 55.3 Å². The Labute approximate surface area is 125 Å². The molecule has 0 radical (unpaired) electrons. The highest BCUT2D eigenvalue weighted by Crippen LogP contribution is 2.27. The van der Waals surface area contributed by atoms with Gasteiger partial charge in [0.2, 0.25) is 0 Å². The summed E-state index contributed by atoms with van der Waals surface area (Å²) in [6.07, 6.45) is 0. The fourth-order valence-electron chi connectivity index (χ4n) is 2.18. The van der Waals surface area contributed by atoms with Crippen LogP contribution in [0.4, 0.5) is 5.69 Å². The summed E-state index contributed by atoms with van der Waals surface area (Å²) in [6.45, 7) is 4.11. The Morgan fingerprint density at radius 3 is 2.35 bits per heavy atom. The molecule has 2 rings (SSSR count). The molecule has 0 fully saturated rings. The third kappa shape index (κ3) is 2.95. The summed E-state index contributed by atoms with van der Waals surface area (Å²) in [6, 6.07) is 16.2. The molecule has 2 nitrogen and oxygen atoms in total. The molecule has 0 saturated carbocycles. The van der Waals surface area contributed by atoms with Crippen molar-refractivity contribution in [3.05, 3.63) is 64.2 Å². The number of aryl methyl sites for hydroxylation is 1. The Morgan fingerprint density at radius 1 is 1.15 bits per heavy atom. The quantitative estimate of drug-likeness (QED) is 0.815. The van der Waals surface area contributed by atoms with Gasteiger partial charge in [0.15, 0.2) is 0 Å². The minimum Gasteiger partial charge on any atom is -0.368 e. The molecular formula is C17H17ClN2. The summed E-state index contributed by atoms with van der Waals surface area (Å²) < 4.78 is 0. The fraction of sp³-hybridized carbons (Fsp3) is 0.235. The zero-order chi connectivity index (χ0) is 14.7. The summed E-state index contributed by atoms with van der Waals surface area (Å²) in [4.78, 5) is 2.19. The molecule has 1 unspecified atom stereocenters. The smallest absolute Gasteiger partial charge is 0.0994 e. The van der Waals surface area contributed by atoms with Crippen LogP contribution in [0, 0.1) is 18.3 Å². The van der Waals surface area contributed by atoms with E-state index < -0.39 is 0 Å². The number of hydrogen-bond acceptors (Lipinski definition) is 2. The van der Waals surface area contributed by atoms with Crippen LogP contribution < -0.4 is 4.90 Å². The Kier molecular flexibility index (Phi) is 4.32. The Bertz CT molecular complexity index is 641. The number of hydrogen-bond donors (Lipinski definition) is 0. The van der Waals surface area contributed by atoms with E-state index in [1.807, 2.05) is 49.4 Å². The van der Waals surface area contributed by atoms with Crippen molar-refractivity contribution in [2.45, 2.75) is 19.9 Å². The molecule has 0 saturated heterocycles. The summed E-state index contributed by atoms with van der Waals surface area (Å²) in [7, 11) is 2.06. The van der Waals surface area contributed by atoms with E-state index in [1.165, 1.54) is 5.56 Å². The first-order valence-electron chi connectivity index (χ1n) is 6.52. The Hall–Kier alpha value is -1.98. The first-order valence-corrected chi connectivity index (χ1v) is 6.89. The van der Waals surface area contributed by atoms with E-state index in [0.29, 0.717) is 0 Å². The third-order valence-electron chi connectivity index (χ3n) is 3.67. The van der Waals surface area contributed by atoms with Gasteiger partial charge in [-0.3, -0.25) is 0 Å². The number of rotatable bonds is 3. The van der Waals surface area contributed by atoms with Crippen molar-refractivity contribution < 1.29 is 0 Å². The van der Waals surface area contributed by atoms with E-state index in [-0.39, 0.29) is 6.04 Å². The van der Waals surface area contributed by atoms with E-state index in [9.17, 15) is 0 Å². The highest BCUT2D eigenvalue weighted by atomic mass is 35.5. The predicted octanol–water partition coefficient (Wildman–Crippen LogP) is 4.72. The SMILES string of the molecule is Cc1cc(N(C)C(C)c2ccc(Cl)cc2)ccc1C#N. The average Bonchev–Trinajstić information content (AvgIpc) is 2.46. The molecule has 0 aromatic heterocycles. The predicted molar refractivity (Wildman–Crippen MR) is 84.2 cm³/mol.